The van der Waals surface area contributed by atoms with Crippen molar-refractivity contribution >= 4 is 11.8 Å². The molecule has 220 valence electrons. The van der Waals surface area contributed by atoms with Crippen LogP contribution in [0.1, 0.15) is 13.3 Å². The van der Waals surface area contributed by atoms with Crippen LogP contribution in [-0.4, -0.2) is 105 Å². The molecule has 0 aliphatic heterocycles. The van der Waals surface area contributed by atoms with Crippen LogP contribution in [0.15, 0.2) is 47.2 Å². The maximum Gasteiger partial charge on any atom is 0.313 e. The first-order valence-corrected chi connectivity index (χ1v) is 12.9. The average Bonchev–Trinajstić information content (AvgIpc) is 2.93. The first kappa shape index (κ1) is 32.5. The first-order chi connectivity index (χ1) is 19.0. The molecular weight excluding hydrogens is 512 g/mol. The third kappa shape index (κ3) is 10.7. The van der Waals surface area contributed by atoms with Crippen LogP contribution >= 0.6 is 0 Å². The fourth-order valence-electron chi connectivity index (χ4n) is 3.77. The Morgan fingerprint density at radius 3 is 1.82 bits per heavy atom. The number of hydrogen-bond acceptors (Lipinski definition) is 10. The maximum atomic E-state index is 13.2. The Bertz CT molecular complexity index is 899. The molecule has 0 spiro atoms. The highest BCUT2D eigenvalue weighted by molar-refractivity contribution is 6.36. The van der Waals surface area contributed by atoms with E-state index in [-0.39, 0.29) is 25.7 Å². The predicted molar refractivity (Wildman–Crippen MR) is 141 cm³/mol. The van der Waals surface area contributed by atoms with Crippen LogP contribution in [0.3, 0.4) is 0 Å². The van der Waals surface area contributed by atoms with Crippen molar-refractivity contribution in [3.05, 3.63) is 47.2 Å². The van der Waals surface area contributed by atoms with E-state index in [0.717, 1.165) is 0 Å². The number of hydrogen-bond donors (Lipinski definition) is 2. The Balaban J connectivity index is 2.24. The minimum atomic E-state index is -0.894. The van der Waals surface area contributed by atoms with Gasteiger partial charge in [-0.1, -0.05) is 19.1 Å². The van der Waals surface area contributed by atoms with E-state index in [2.05, 4.69) is 10.6 Å². The molecule has 0 saturated heterocycles. The van der Waals surface area contributed by atoms with Crippen molar-refractivity contribution in [1.29, 1.82) is 0 Å². The fourth-order valence-corrected chi connectivity index (χ4v) is 3.77. The van der Waals surface area contributed by atoms with Crippen molar-refractivity contribution in [3.8, 4) is 0 Å². The fraction of sp³-hybridized carbons (Fsp3) is 0.630. The molecule has 2 rings (SSSR count). The van der Waals surface area contributed by atoms with E-state index in [1.807, 2.05) is 19.1 Å². The van der Waals surface area contributed by atoms with Crippen molar-refractivity contribution in [2.75, 3.05) is 81.3 Å². The molecule has 0 heterocycles. The van der Waals surface area contributed by atoms with Crippen LogP contribution < -0.4 is 10.6 Å². The molecule has 0 aromatic heterocycles. The average molecular weight is 555 g/mol. The normalized spacial score (nSPS) is 20.8. The van der Waals surface area contributed by atoms with Crippen molar-refractivity contribution in [2.45, 2.75) is 25.6 Å². The molecule has 12 heteroatoms. The minimum absolute atomic E-state index is 0.0967. The molecule has 0 aromatic carbocycles. The highest BCUT2D eigenvalue weighted by atomic mass is 16.5. The maximum absolute atomic E-state index is 13.2. The van der Waals surface area contributed by atoms with Crippen molar-refractivity contribution in [2.24, 2.45) is 5.92 Å². The van der Waals surface area contributed by atoms with Gasteiger partial charge in [0.2, 0.25) is 0 Å². The van der Waals surface area contributed by atoms with Gasteiger partial charge in [0.15, 0.2) is 0 Å². The van der Waals surface area contributed by atoms with Crippen LogP contribution in [0.4, 0.5) is 0 Å². The van der Waals surface area contributed by atoms with Crippen LogP contribution in [0, 0.1) is 5.92 Å². The van der Waals surface area contributed by atoms with Crippen molar-refractivity contribution in [3.63, 3.8) is 0 Å². The smallest absolute Gasteiger partial charge is 0.313 e. The topological polar surface area (TPSA) is 132 Å². The molecule has 0 aromatic rings. The van der Waals surface area contributed by atoms with Crippen molar-refractivity contribution in [1.82, 2.24) is 10.6 Å². The molecule has 2 amide bonds. The second kappa shape index (κ2) is 18.5. The minimum Gasteiger partial charge on any atom is -0.489 e. The molecule has 39 heavy (non-hydrogen) atoms. The van der Waals surface area contributed by atoms with Crippen molar-refractivity contribution < 1.29 is 47.5 Å². The van der Waals surface area contributed by atoms with Crippen LogP contribution in [0.5, 0.6) is 0 Å². The SMILES string of the molecule is COCCOC1=C(NC(=O)C(=O)NC2=C(OCCOC)C=CC(C)C2OCCOC)C(OCCOC)CC=C1. The molecule has 12 nitrogen and oxygen atoms in total. The Morgan fingerprint density at radius 2 is 1.23 bits per heavy atom. The van der Waals surface area contributed by atoms with Gasteiger partial charge in [-0.25, -0.2) is 0 Å². The lowest BCUT2D eigenvalue weighted by atomic mass is 9.95. The predicted octanol–water partition coefficient (Wildman–Crippen LogP) is 1.20. The van der Waals surface area contributed by atoms with Gasteiger partial charge in [0.1, 0.15) is 36.9 Å². The van der Waals surface area contributed by atoms with Gasteiger partial charge in [-0.2, -0.15) is 0 Å². The second-order valence-corrected chi connectivity index (χ2v) is 8.64. The number of allylic oxidation sites excluding steroid dienone is 2. The van der Waals surface area contributed by atoms with Gasteiger partial charge in [0, 0.05) is 34.4 Å². The standard InChI is InChI=1S/C27H42N2O10/c1-19-9-10-22(38-17-13-34-4)24(25(19)39-18-14-35-5)29-27(31)26(30)28-23-20(36-15-11-32-2)7-6-8-21(23)37-16-12-33-3/h6-7,9-10,19,21,25H,8,11-18H2,1-5H3,(H,28,30)(H,29,31). The number of amides is 2. The van der Waals surface area contributed by atoms with Crippen LogP contribution in [0.2, 0.25) is 0 Å². The van der Waals surface area contributed by atoms with Gasteiger partial charge in [0.05, 0.1) is 51.0 Å². The van der Waals surface area contributed by atoms with Gasteiger partial charge in [0.25, 0.3) is 0 Å². The van der Waals surface area contributed by atoms with Gasteiger partial charge >= 0.3 is 11.8 Å². The quantitative estimate of drug-likeness (QED) is 0.188. The zero-order chi connectivity index (χ0) is 28.5. The van der Waals surface area contributed by atoms with Crippen LogP contribution in [-0.2, 0) is 47.5 Å². The van der Waals surface area contributed by atoms with Crippen LogP contribution in [0.25, 0.3) is 0 Å². The number of methoxy groups -OCH3 is 4. The largest absolute Gasteiger partial charge is 0.489 e. The Labute approximate surface area is 230 Å². The van der Waals surface area contributed by atoms with E-state index in [9.17, 15) is 9.59 Å². The zero-order valence-corrected chi connectivity index (χ0v) is 23.5. The summed E-state index contributed by atoms with van der Waals surface area (Å²) in [6.45, 7) is 4.48. The monoisotopic (exact) mass is 554 g/mol. The summed E-state index contributed by atoms with van der Waals surface area (Å²) in [5.41, 5.74) is 0.694. The third-order valence-corrected chi connectivity index (χ3v) is 5.77. The molecule has 0 fully saturated rings. The van der Waals surface area contributed by atoms with E-state index in [4.69, 9.17) is 37.9 Å². The number of rotatable bonds is 18. The zero-order valence-electron chi connectivity index (χ0n) is 23.5. The summed E-state index contributed by atoms with van der Waals surface area (Å²) < 4.78 is 43.8. The molecule has 0 bridgehead atoms. The Hall–Kier alpha value is -2.74. The first-order valence-electron chi connectivity index (χ1n) is 12.9. The van der Waals surface area contributed by atoms with Gasteiger partial charge in [-0.15, -0.1) is 0 Å². The summed E-state index contributed by atoms with van der Waals surface area (Å²) in [6.07, 6.45) is 6.67. The molecule has 3 atom stereocenters. The third-order valence-electron chi connectivity index (χ3n) is 5.77. The molecular formula is C27H42N2O10. The lowest BCUT2D eigenvalue weighted by Crippen LogP contribution is -2.46. The summed E-state index contributed by atoms with van der Waals surface area (Å²) in [4.78, 5) is 26.3. The number of carbonyl (C=O) groups excluding carboxylic acids is 2. The summed E-state index contributed by atoms with van der Waals surface area (Å²) in [6, 6.07) is 0. The van der Waals surface area contributed by atoms with Gasteiger partial charge in [-0.05, 0) is 18.6 Å². The molecule has 0 saturated carbocycles. The summed E-state index contributed by atoms with van der Waals surface area (Å²) in [7, 11) is 6.27. The summed E-state index contributed by atoms with van der Waals surface area (Å²) >= 11 is 0. The molecule has 0 radical (unpaired) electrons. The van der Waals surface area contributed by atoms with Gasteiger partial charge < -0.3 is 48.5 Å². The van der Waals surface area contributed by atoms with Gasteiger partial charge in [-0.3, -0.25) is 9.59 Å². The lowest BCUT2D eigenvalue weighted by molar-refractivity contribution is -0.139. The highest BCUT2D eigenvalue weighted by Crippen LogP contribution is 2.26. The molecule has 2 aliphatic carbocycles. The second-order valence-electron chi connectivity index (χ2n) is 8.64. The molecule has 2 aliphatic rings. The summed E-state index contributed by atoms with van der Waals surface area (Å²) in [5, 5.41) is 5.40. The molecule has 2 N–H and O–H groups in total. The van der Waals surface area contributed by atoms with E-state index >= 15 is 0 Å². The Kier molecular flexibility index (Phi) is 15.4. The number of nitrogens with one attached hydrogen (secondary N) is 2. The van der Waals surface area contributed by atoms with E-state index in [1.165, 1.54) is 0 Å². The Morgan fingerprint density at radius 1 is 0.718 bits per heavy atom. The van der Waals surface area contributed by atoms with E-state index < -0.39 is 24.0 Å². The number of ether oxygens (including phenoxy) is 8. The highest BCUT2D eigenvalue weighted by Gasteiger charge is 2.32. The van der Waals surface area contributed by atoms with E-state index in [0.29, 0.717) is 62.4 Å². The van der Waals surface area contributed by atoms with E-state index in [1.54, 1.807) is 40.6 Å². The lowest BCUT2D eigenvalue weighted by Gasteiger charge is -2.30. The number of carbonyl (C=O) groups is 2. The molecule has 3 unspecified atom stereocenters. The summed E-state index contributed by atoms with van der Waals surface area (Å²) in [5.74, 6) is -1.11.